The fourth-order valence-electron chi connectivity index (χ4n) is 1.67. The van der Waals surface area contributed by atoms with Crippen LogP contribution in [0.1, 0.15) is 12.5 Å². The van der Waals surface area contributed by atoms with Crippen molar-refractivity contribution in [3.63, 3.8) is 0 Å². The Bertz CT molecular complexity index is 543. The molecule has 0 fully saturated rings. The third kappa shape index (κ3) is 4.23. The zero-order valence-corrected chi connectivity index (χ0v) is 11.0. The van der Waals surface area contributed by atoms with E-state index >= 15 is 0 Å². The lowest BCUT2D eigenvalue weighted by Gasteiger charge is -2.13. The van der Waals surface area contributed by atoms with Gasteiger partial charge in [-0.2, -0.15) is 0 Å². The molecule has 1 atom stereocenters. The Kier molecular flexibility index (Phi) is 5.01. The van der Waals surface area contributed by atoms with Crippen LogP contribution in [0.15, 0.2) is 18.2 Å². The van der Waals surface area contributed by atoms with Crippen LogP contribution in [-0.2, 0) is 16.0 Å². The zero-order chi connectivity index (χ0) is 15.3. The number of amides is 1. The molecule has 0 aliphatic rings. The van der Waals surface area contributed by atoms with Crippen molar-refractivity contribution in [2.45, 2.75) is 19.4 Å². The minimum absolute atomic E-state index is 0.0764. The first-order valence-electron chi connectivity index (χ1n) is 5.65. The molecule has 0 saturated carbocycles. The maximum absolute atomic E-state index is 11.0. The second kappa shape index (κ2) is 6.50. The molecular formula is C12H14N2O6. The molecule has 0 aliphatic carbocycles. The van der Waals surface area contributed by atoms with Crippen LogP contribution in [0, 0.1) is 10.1 Å². The number of hydrogen-bond donors (Lipinski definition) is 2. The molecule has 0 bridgehead atoms. The second-order valence-corrected chi connectivity index (χ2v) is 4.09. The van der Waals surface area contributed by atoms with Crippen molar-refractivity contribution in [3.8, 4) is 5.75 Å². The average Bonchev–Trinajstić information content (AvgIpc) is 2.36. The van der Waals surface area contributed by atoms with E-state index in [1.165, 1.54) is 32.2 Å². The molecule has 20 heavy (non-hydrogen) atoms. The predicted octanol–water partition coefficient (Wildman–Crippen LogP) is 0.735. The molecule has 1 aromatic carbocycles. The topological polar surface area (TPSA) is 119 Å². The number of nitro groups is 1. The van der Waals surface area contributed by atoms with Gasteiger partial charge in [0.15, 0.2) is 0 Å². The number of carboxylic acid groups (broad SMARTS) is 1. The normalized spacial score (nSPS) is 11.5. The summed E-state index contributed by atoms with van der Waals surface area (Å²) in [5, 5.41) is 22.1. The summed E-state index contributed by atoms with van der Waals surface area (Å²) in [5.74, 6) is -1.46. The molecule has 8 heteroatoms. The monoisotopic (exact) mass is 282 g/mol. The highest BCUT2D eigenvalue weighted by molar-refractivity contribution is 5.82. The number of nitrogens with one attached hydrogen (secondary N) is 1. The quantitative estimate of drug-likeness (QED) is 0.586. The minimum atomic E-state index is -1.22. The summed E-state index contributed by atoms with van der Waals surface area (Å²) in [5.41, 5.74) is 0.184. The molecule has 0 radical (unpaired) electrons. The summed E-state index contributed by atoms with van der Waals surface area (Å²) in [7, 11) is 1.35. The van der Waals surface area contributed by atoms with Gasteiger partial charge in [0.2, 0.25) is 5.91 Å². The molecule has 1 aromatic rings. The third-order valence-corrected chi connectivity index (χ3v) is 2.51. The van der Waals surface area contributed by atoms with Gasteiger partial charge in [0.05, 0.1) is 18.1 Å². The van der Waals surface area contributed by atoms with Crippen molar-refractivity contribution in [3.05, 3.63) is 33.9 Å². The molecule has 1 amide bonds. The predicted molar refractivity (Wildman–Crippen MR) is 68.6 cm³/mol. The Morgan fingerprint density at radius 3 is 2.55 bits per heavy atom. The summed E-state index contributed by atoms with van der Waals surface area (Å²) in [6.07, 6.45) is -0.0764. The standard InChI is InChI=1S/C12H14N2O6/c1-7(15)13-11(12(16)17)5-8-3-9(14(18)19)6-10(4-8)20-2/h3-4,6,11H,5H2,1-2H3,(H,13,15)(H,16,17). The number of carboxylic acids is 1. The lowest BCUT2D eigenvalue weighted by molar-refractivity contribution is -0.385. The van der Waals surface area contributed by atoms with Crippen molar-refractivity contribution >= 4 is 17.6 Å². The third-order valence-electron chi connectivity index (χ3n) is 2.51. The number of methoxy groups -OCH3 is 1. The highest BCUT2D eigenvalue weighted by atomic mass is 16.6. The van der Waals surface area contributed by atoms with E-state index in [1.807, 2.05) is 0 Å². The van der Waals surface area contributed by atoms with Crippen LogP contribution in [-0.4, -0.2) is 35.1 Å². The SMILES string of the molecule is COc1cc(CC(NC(C)=O)C(=O)O)cc([N+](=O)[O-])c1. The number of carbonyl (C=O) groups is 2. The molecule has 1 rings (SSSR count). The van der Waals surface area contributed by atoms with E-state index in [2.05, 4.69) is 5.32 Å². The van der Waals surface area contributed by atoms with Gasteiger partial charge < -0.3 is 15.2 Å². The molecule has 0 aromatic heterocycles. The van der Waals surface area contributed by atoms with Crippen molar-refractivity contribution in [2.75, 3.05) is 7.11 Å². The number of hydrogen-bond acceptors (Lipinski definition) is 5. The summed E-state index contributed by atoms with van der Waals surface area (Å²) in [6, 6.07) is 2.82. The summed E-state index contributed by atoms with van der Waals surface area (Å²) in [4.78, 5) is 32.2. The van der Waals surface area contributed by atoms with Gasteiger partial charge in [-0.25, -0.2) is 4.79 Å². The number of aliphatic carboxylic acids is 1. The number of nitrogens with zero attached hydrogens (tertiary/aromatic N) is 1. The maximum Gasteiger partial charge on any atom is 0.326 e. The van der Waals surface area contributed by atoms with Gasteiger partial charge in [0.1, 0.15) is 11.8 Å². The number of ether oxygens (including phenoxy) is 1. The highest BCUT2D eigenvalue weighted by Crippen LogP contribution is 2.23. The van der Waals surface area contributed by atoms with Gasteiger partial charge in [-0.05, 0) is 11.6 Å². The van der Waals surface area contributed by atoms with Crippen LogP contribution in [0.3, 0.4) is 0 Å². The van der Waals surface area contributed by atoms with Gasteiger partial charge in [0, 0.05) is 19.4 Å². The molecule has 0 aliphatic heterocycles. The van der Waals surface area contributed by atoms with Crippen LogP contribution in [0.25, 0.3) is 0 Å². The Hall–Kier alpha value is -2.64. The number of benzene rings is 1. The summed E-state index contributed by atoms with van der Waals surface area (Å²) in [6.45, 7) is 1.20. The lowest BCUT2D eigenvalue weighted by Crippen LogP contribution is -2.41. The molecule has 1 unspecified atom stereocenters. The van der Waals surface area contributed by atoms with Crippen molar-refractivity contribution in [2.24, 2.45) is 0 Å². The Labute approximate surface area is 114 Å². The van der Waals surface area contributed by atoms with E-state index in [9.17, 15) is 19.7 Å². The lowest BCUT2D eigenvalue weighted by atomic mass is 10.0. The molecule has 2 N–H and O–H groups in total. The first-order valence-corrected chi connectivity index (χ1v) is 5.65. The van der Waals surface area contributed by atoms with E-state index < -0.39 is 22.8 Å². The van der Waals surface area contributed by atoms with Gasteiger partial charge in [-0.15, -0.1) is 0 Å². The maximum atomic E-state index is 11.0. The van der Waals surface area contributed by atoms with Crippen LogP contribution in [0.2, 0.25) is 0 Å². The van der Waals surface area contributed by atoms with Gasteiger partial charge in [-0.1, -0.05) is 0 Å². The number of carbonyl (C=O) groups excluding carboxylic acids is 1. The van der Waals surface area contributed by atoms with E-state index in [4.69, 9.17) is 9.84 Å². The molecule has 0 spiro atoms. The molecule has 0 saturated heterocycles. The van der Waals surface area contributed by atoms with E-state index in [0.29, 0.717) is 5.56 Å². The Balaban J connectivity index is 3.05. The highest BCUT2D eigenvalue weighted by Gasteiger charge is 2.20. The smallest absolute Gasteiger partial charge is 0.326 e. The summed E-state index contributed by atoms with van der Waals surface area (Å²) >= 11 is 0. The first-order chi connectivity index (χ1) is 9.33. The van der Waals surface area contributed by atoms with Gasteiger partial charge >= 0.3 is 5.97 Å². The van der Waals surface area contributed by atoms with Crippen LogP contribution in [0.5, 0.6) is 5.75 Å². The minimum Gasteiger partial charge on any atom is -0.496 e. The molecule has 108 valence electrons. The fourth-order valence-corrected chi connectivity index (χ4v) is 1.67. The molecule has 0 heterocycles. The van der Waals surface area contributed by atoms with Gasteiger partial charge in [0.25, 0.3) is 5.69 Å². The van der Waals surface area contributed by atoms with E-state index in [1.54, 1.807) is 0 Å². The van der Waals surface area contributed by atoms with Crippen LogP contribution in [0.4, 0.5) is 5.69 Å². The Morgan fingerprint density at radius 2 is 2.10 bits per heavy atom. The van der Waals surface area contributed by atoms with Crippen molar-refractivity contribution < 1.29 is 24.4 Å². The number of non-ortho nitro benzene ring substituents is 1. The average molecular weight is 282 g/mol. The second-order valence-electron chi connectivity index (χ2n) is 4.09. The van der Waals surface area contributed by atoms with E-state index in [-0.39, 0.29) is 17.9 Å². The molecular weight excluding hydrogens is 268 g/mol. The largest absolute Gasteiger partial charge is 0.496 e. The fraction of sp³-hybridized carbons (Fsp3) is 0.333. The van der Waals surface area contributed by atoms with Crippen LogP contribution >= 0.6 is 0 Å². The zero-order valence-electron chi connectivity index (χ0n) is 11.0. The number of rotatable bonds is 6. The van der Waals surface area contributed by atoms with Crippen molar-refractivity contribution in [1.82, 2.24) is 5.32 Å². The first kappa shape index (κ1) is 15.4. The number of nitro benzene ring substituents is 1. The molecule has 8 nitrogen and oxygen atoms in total. The van der Waals surface area contributed by atoms with Crippen molar-refractivity contribution in [1.29, 1.82) is 0 Å². The van der Waals surface area contributed by atoms with E-state index in [0.717, 1.165) is 0 Å². The van der Waals surface area contributed by atoms with Gasteiger partial charge in [-0.3, -0.25) is 14.9 Å². The van der Waals surface area contributed by atoms with Crippen LogP contribution < -0.4 is 10.1 Å². The Morgan fingerprint density at radius 1 is 1.45 bits per heavy atom. The summed E-state index contributed by atoms with van der Waals surface area (Å²) < 4.78 is 4.93.